The van der Waals surface area contributed by atoms with Crippen LogP contribution in [0.15, 0.2) is 53.4 Å². The highest BCUT2D eigenvalue weighted by molar-refractivity contribution is 7.92. The first kappa shape index (κ1) is 21.9. The smallest absolute Gasteiger partial charge is 0.261 e. The van der Waals surface area contributed by atoms with E-state index in [1.807, 2.05) is 25.1 Å². The van der Waals surface area contributed by atoms with Crippen LogP contribution in [0.1, 0.15) is 25.2 Å². The lowest BCUT2D eigenvalue weighted by atomic mass is 10.2. The summed E-state index contributed by atoms with van der Waals surface area (Å²) in [4.78, 5) is 11.4. The standard InChI is InChI=1S/C23H27N5O3S/c1-4-28(5-2)23-15-22(24-16(3)25-23)26-18-6-8-19(9-7-18)27-32(29,30)20-10-11-21-17(14-20)12-13-31-21/h6-11,14-15,27H,4-5,12-13H2,1-3H3,(H,24,25,26). The van der Waals surface area contributed by atoms with Crippen LogP contribution in [0.5, 0.6) is 5.75 Å². The van der Waals surface area contributed by atoms with Crippen molar-refractivity contribution in [2.24, 2.45) is 0 Å². The van der Waals surface area contributed by atoms with Gasteiger partial charge in [0.25, 0.3) is 10.0 Å². The monoisotopic (exact) mass is 453 g/mol. The Labute approximate surface area is 188 Å². The van der Waals surface area contributed by atoms with Gasteiger partial charge in [-0.25, -0.2) is 18.4 Å². The molecule has 0 amide bonds. The molecule has 0 unspecified atom stereocenters. The number of nitrogens with zero attached hydrogens (tertiary/aromatic N) is 3. The van der Waals surface area contributed by atoms with Gasteiger partial charge in [0.1, 0.15) is 23.2 Å². The highest BCUT2D eigenvalue weighted by Crippen LogP contribution is 2.29. The number of aryl methyl sites for hydroxylation is 1. The Morgan fingerprint density at radius 1 is 1.00 bits per heavy atom. The summed E-state index contributed by atoms with van der Waals surface area (Å²) in [6.07, 6.45) is 0.720. The van der Waals surface area contributed by atoms with Crippen molar-refractivity contribution in [3.63, 3.8) is 0 Å². The fraction of sp³-hybridized carbons (Fsp3) is 0.304. The molecule has 9 heteroatoms. The Balaban J connectivity index is 1.48. The maximum Gasteiger partial charge on any atom is 0.261 e. The van der Waals surface area contributed by atoms with E-state index in [4.69, 9.17) is 4.74 Å². The van der Waals surface area contributed by atoms with Gasteiger partial charge < -0.3 is 15.0 Å². The number of sulfonamides is 1. The molecule has 1 aliphatic rings. The molecule has 2 aromatic carbocycles. The highest BCUT2D eigenvalue weighted by Gasteiger charge is 2.19. The second-order valence-electron chi connectivity index (χ2n) is 7.51. The summed E-state index contributed by atoms with van der Waals surface area (Å²) in [6, 6.07) is 13.9. The summed E-state index contributed by atoms with van der Waals surface area (Å²) in [5, 5.41) is 3.27. The zero-order chi connectivity index (χ0) is 22.7. The van der Waals surface area contributed by atoms with Gasteiger partial charge in [0.15, 0.2) is 0 Å². The summed E-state index contributed by atoms with van der Waals surface area (Å²) >= 11 is 0. The van der Waals surface area contributed by atoms with Crippen molar-refractivity contribution in [2.75, 3.05) is 34.6 Å². The zero-order valence-corrected chi connectivity index (χ0v) is 19.2. The van der Waals surface area contributed by atoms with Crippen LogP contribution in [0.2, 0.25) is 0 Å². The summed E-state index contributed by atoms with van der Waals surface area (Å²) in [7, 11) is -3.69. The molecule has 3 aromatic rings. The molecule has 0 atom stereocenters. The molecule has 0 bridgehead atoms. The van der Waals surface area contributed by atoms with Crippen LogP contribution in [-0.2, 0) is 16.4 Å². The summed E-state index contributed by atoms with van der Waals surface area (Å²) in [6.45, 7) is 8.34. The van der Waals surface area contributed by atoms with Gasteiger partial charge in [-0.05, 0) is 68.8 Å². The fourth-order valence-corrected chi connectivity index (χ4v) is 4.75. The van der Waals surface area contributed by atoms with Gasteiger partial charge in [-0.1, -0.05) is 0 Å². The molecule has 0 aliphatic carbocycles. The van der Waals surface area contributed by atoms with Gasteiger partial charge >= 0.3 is 0 Å². The minimum Gasteiger partial charge on any atom is -0.493 e. The van der Waals surface area contributed by atoms with Gasteiger partial charge in [0.2, 0.25) is 0 Å². The van der Waals surface area contributed by atoms with E-state index in [0.29, 0.717) is 23.9 Å². The highest BCUT2D eigenvalue weighted by atomic mass is 32.2. The summed E-state index contributed by atoms with van der Waals surface area (Å²) in [5.41, 5.74) is 2.19. The van der Waals surface area contributed by atoms with E-state index in [9.17, 15) is 8.42 Å². The third-order valence-corrected chi connectivity index (χ3v) is 6.67. The Bertz CT molecular complexity index is 1210. The molecule has 0 saturated heterocycles. The quantitative estimate of drug-likeness (QED) is 0.530. The lowest BCUT2D eigenvalue weighted by molar-refractivity contribution is 0.356. The number of rotatable bonds is 8. The first-order valence-electron chi connectivity index (χ1n) is 10.6. The molecule has 1 aromatic heterocycles. The van der Waals surface area contributed by atoms with Crippen LogP contribution in [0.4, 0.5) is 23.0 Å². The predicted molar refractivity (Wildman–Crippen MR) is 127 cm³/mol. The van der Waals surface area contributed by atoms with Crippen LogP contribution in [-0.4, -0.2) is 38.1 Å². The molecule has 0 spiro atoms. The first-order valence-corrected chi connectivity index (χ1v) is 12.1. The van der Waals surface area contributed by atoms with E-state index in [2.05, 4.69) is 38.8 Å². The number of hydrogen-bond acceptors (Lipinski definition) is 7. The van der Waals surface area contributed by atoms with Crippen LogP contribution >= 0.6 is 0 Å². The average molecular weight is 454 g/mol. The minimum absolute atomic E-state index is 0.226. The van der Waals surface area contributed by atoms with Crippen molar-refractivity contribution in [3.05, 3.63) is 59.9 Å². The summed E-state index contributed by atoms with van der Waals surface area (Å²) < 4.78 is 33.7. The second-order valence-corrected chi connectivity index (χ2v) is 9.19. The second kappa shape index (κ2) is 9.04. The molecular formula is C23H27N5O3S. The van der Waals surface area contributed by atoms with E-state index >= 15 is 0 Å². The van der Waals surface area contributed by atoms with Gasteiger partial charge in [-0.2, -0.15) is 0 Å². The predicted octanol–water partition coefficient (Wildman–Crippen LogP) is 4.11. The lowest BCUT2D eigenvalue weighted by Gasteiger charge is -2.20. The molecule has 2 heterocycles. The first-order chi connectivity index (χ1) is 15.4. The number of hydrogen-bond donors (Lipinski definition) is 2. The van der Waals surface area contributed by atoms with Crippen LogP contribution in [0.3, 0.4) is 0 Å². The fourth-order valence-electron chi connectivity index (χ4n) is 3.64. The van der Waals surface area contributed by atoms with E-state index in [-0.39, 0.29) is 4.90 Å². The molecule has 1 aliphatic heterocycles. The van der Waals surface area contributed by atoms with Gasteiger partial charge in [-0.3, -0.25) is 4.72 Å². The topological polar surface area (TPSA) is 96.5 Å². The maximum absolute atomic E-state index is 12.8. The Morgan fingerprint density at radius 3 is 2.44 bits per heavy atom. The van der Waals surface area contributed by atoms with Crippen molar-refractivity contribution in [1.82, 2.24) is 9.97 Å². The van der Waals surface area contributed by atoms with E-state index < -0.39 is 10.0 Å². The Morgan fingerprint density at radius 2 is 1.72 bits per heavy atom. The molecule has 4 rings (SSSR count). The molecule has 0 fully saturated rings. The molecule has 0 saturated carbocycles. The van der Waals surface area contributed by atoms with E-state index in [0.717, 1.165) is 42.3 Å². The summed E-state index contributed by atoms with van der Waals surface area (Å²) in [5.74, 6) is 2.99. The largest absolute Gasteiger partial charge is 0.493 e. The molecule has 8 nitrogen and oxygen atoms in total. The number of benzene rings is 2. The number of aromatic nitrogens is 2. The van der Waals surface area contributed by atoms with Crippen LogP contribution < -0.4 is 19.7 Å². The van der Waals surface area contributed by atoms with Crippen LogP contribution in [0, 0.1) is 6.92 Å². The van der Waals surface area contributed by atoms with Crippen molar-refractivity contribution in [3.8, 4) is 5.75 Å². The average Bonchev–Trinajstić information content (AvgIpc) is 3.23. The molecule has 32 heavy (non-hydrogen) atoms. The van der Waals surface area contributed by atoms with E-state index in [1.54, 1.807) is 30.3 Å². The molecular weight excluding hydrogens is 426 g/mol. The van der Waals surface area contributed by atoms with Gasteiger partial charge in [0, 0.05) is 37.0 Å². The molecule has 0 radical (unpaired) electrons. The van der Waals surface area contributed by atoms with Gasteiger partial charge in [0.05, 0.1) is 11.5 Å². The van der Waals surface area contributed by atoms with Crippen molar-refractivity contribution < 1.29 is 13.2 Å². The van der Waals surface area contributed by atoms with Crippen LogP contribution in [0.25, 0.3) is 0 Å². The Hall–Kier alpha value is -3.33. The number of anilines is 4. The van der Waals surface area contributed by atoms with E-state index in [1.165, 1.54) is 0 Å². The molecule has 2 N–H and O–H groups in total. The van der Waals surface area contributed by atoms with Crippen molar-refractivity contribution in [1.29, 1.82) is 0 Å². The van der Waals surface area contributed by atoms with Crippen molar-refractivity contribution >= 4 is 33.0 Å². The third-order valence-electron chi connectivity index (χ3n) is 5.29. The third kappa shape index (κ3) is 4.77. The number of nitrogens with one attached hydrogen (secondary N) is 2. The normalized spacial score (nSPS) is 12.7. The SMILES string of the molecule is CCN(CC)c1cc(Nc2ccc(NS(=O)(=O)c3ccc4c(c3)CCO4)cc2)nc(C)n1. The number of ether oxygens (including phenoxy) is 1. The Kier molecular flexibility index (Phi) is 6.18. The zero-order valence-electron chi connectivity index (χ0n) is 18.4. The molecule has 168 valence electrons. The van der Waals surface area contributed by atoms with Gasteiger partial charge in [-0.15, -0.1) is 0 Å². The minimum atomic E-state index is -3.69. The van der Waals surface area contributed by atoms with Crippen molar-refractivity contribution in [2.45, 2.75) is 32.1 Å². The number of fused-ring (bicyclic) bond motifs is 1. The maximum atomic E-state index is 12.8. The lowest BCUT2D eigenvalue weighted by Crippen LogP contribution is -2.23.